The lowest BCUT2D eigenvalue weighted by Gasteiger charge is -2.15. The van der Waals surface area contributed by atoms with Crippen LogP contribution in [-0.2, 0) is 0 Å². The maximum Gasteiger partial charge on any atom is 0.352 e. The SMILES string of the molecule is CN(C(=O)N=C(N)N)c1nc(N)c(C(=O)N=C(N)N)nc1Cl. The summed E-state index contributed by atoms with van der Waals surface area (Å²) in [6, 6.07) is -0.862. The average Bonchev–Trinajstić information content (AvgIpc) is 2.38. The zero-order valence-corrected chi connectivity index (χ0v) is 12.1. The largest absolute Gasteiger partial charge is 0.382 e. The van der Waals surface area contributed by atoms with Crippen molar-refractivity contribution in [3.05, 3.63) is 10.8 Å². The Kier molecular flexibility index (Phi) is 5.02. The molecule has 3 amide bonds. The van der Waals surface area contributed by atoms with Crippen molar-refractivity contribution in [3.8, 4) is 0 Å². The Hall–Kier alpha value is -3.15. The summed E-state index contributed by atoms with van der Waals surface area (Å²) in [5.41, 5.74) is 25.5. The van der Waals surface area contributed by atoms with Crippen LogP contribution in [0.5, 0.6) is 0 Å². The summed E-state index contributed by atoms with van der Waals surface area (Å²) >= 11 is 5.86. The number of carbonyl (C=O) groups excluding carboxylic acids is 2. The van der Waals surface area contributed by atoms with E-state index < -0.39 is 23.9 Å². The molecular formula is C9H13ClN10O2. The zero-order valence-electron chi connectivity index (χ0n) is 11.3. The summed E-state index contributed by atoms with van der Waals surface area (Å²) < 4.78 is 0. The van der Waals surface area contributed by atoms with E-state index in [-0.39, 0.29) is 22.5 Å². The molecule has 0 aromatic carbocycles. The van der Waals surface area contributed by atoms with Crippen molar-refractivity contribution in [1.29, 1.82) is 0 Å². The maximum absolute atomic E-state index is 11.7. The number of amides is 3. The summed E-state index contributed by atoms with van der Waals surface area (Å²) in [5, 5.41) is -0.301. The molecule has 1 rings (SSSR count). The molecule has 0 saturated heterocycles. The normalized spacial score (nSPS) is 9.73. The smallest absolute Gasteiger partial charge is 0.352 e. The van der Waals surface area contributed by atoms with Crippen molar-refractivity contribution < 1.29 is 9.59 Å². The summed E-state index contributed by atoms with van der Waals surface area (Å²) in [6.07, 6.45) is 0. The fraction of sp³-hybridized carbons (Fsp3) is 0.111. The van der Waals surface area contributed by atoms with Gasteiger partial charge in [0, 0.05) is 7.05 Å². The summed E-state index contributed by atoms with van der Waals surface area (Å²) in [7, 11) is 1.28. The number of nitrogen functional groups attached to an aromatic ring is 1. The Morgan fingerprint density at radius 3 is 2.14 bits per heavy atom. The van der Waals surface area contributed by atoms with Gasteiger partial charge in [0.05, 0.1) is 0 Å². The third-order valence-electron chi connectivity index (χ3n) is 2.13. The third kappa shape index (κ3) is 3.92. The Balaban J connectivity index is 3.25. The van der Waals surface area contributed by atoms with E-state index >= 15 is 0 Å². The van der Waals surface area contributed by atoms with Crippen molar-refractivity contribution in [2.24, 2.45) is 32.9 Å². The van der Waals surface area contributed by atoms with Gasteiger partial charge >= 0.3 is 11.9 Å². The molecule has 13 heteroatoms. The van der Waals surface area contributed by atoms with Gasteiger partial charge in [-0.15, -0.1) is 0 Å². The van der Waals surface area contributed by atoms with Crippen LogP contribution in [0.1, 0.15) is 10.5 Å². The van der Waals surface area contributed by atoms with Gasteiger partial charge in [0.1, 0.15) is 0 Å². The molecule has 1 aromatic heterocycles. The van der Waals surface area contributed by atoms with E-state index in [0.717, 1.165) is 4.90 Å². The van der Waals surface area contributed by atoms with Crippen LogP contribution in [0.15, 0.2) is 9.98 Å². The summed E-state index contributed by atoms with van der Waals surface area (Å²) in [5.74, 6) is -2.36. The zero-order chi connectivity index (χ0) is 17.0. The molecule has 0 aliphatic heterocycles. The molecule has 0 saturated carbocycles. The fourth-order valence-corrected chi connectivity index (χ4v) is 1.49. The molecule has 0 atom stereocenters. The molecule has 118 valence electrons. The molecule has 12 nitrogen and oxygen atoms in total. The number of urea groups is 1. The van der Waals surface area contributed by atoms with Gasteiger partial charge in [-0.05, 0) is 0 Å². The van der Waals surface area contributed by atoms with Gasteiger partial charge in [0.25, 0.3) is 0 Å². The third-order valence-corrected chi connectivity index (χ3v) is 2.38. The Labute approximate surface area is 129 Å². The highest BCUT2D eigenvalue weighted by Gasteiger charge is 2.21. The highest BCUT2D eigenvalue weighted by atomic mass is 35.5. The van der Waals surface area contributed by atoms with Crippen LogP contribution < -0.4 is 33.6 Å². The molecule has 0 unspecified atom stereocenters. The molecule has 1 heterocycles. The first-order chi connectivity index (χ1) is 10.1. The van der Waals surface area contributed by atoms with Crippen LogP contribution >= 0.6 is 11.6 Å². The number of nitrogens with zero attached hydrogens (tertiary/aromatic N) is 5. The minimum Gasteiger partial charge on any atom is -0.382 e. The van der Waals surface area contributed by atoms with Gasteiger partial charge in [-0.1, -0.05) is 11.6 Å². The van der Waals surface area contributed by atoms with E-state index in [4.69, 9.17) is 40.3 Å². The van der Waals surface area contributed by atoms with E-state index in [2.05, 4.69) is 20.0 Å². The predicted molar refractivity (Wildman–Crippen MR) is 81.2 cm³/mol. The van der Waals surface area contributed by atoms with Crippen LogP contribution in [0.25, 0.3) is 0 Å². The van der Waals surface area contributed by atoms with Gasteiger partial charge in [-0.2, -0.15) is 9.98 Å². The molecule has 0 bridgehead atoms. The van der Waals surface area contributed by atoms with Crippen LogP contribution in [0.2, 0.25) is 5.15 Å². The Bertz CT molecular complexity index is 677. The number of anilines is 2. The van der Waals surface area contributed by atoms with Crippen LogP contribution in [0, 0.1) is 0 Å². The minimum atomic E-state index is -0.934. The summed E-state index contributed by atoms with van der Waals surface area (Å²) in [6.45, 7) is 0. The second-order valence-corrected chi connectivity index (χ2v) is 4.15. The molecule has 0 aliphatic carbocycles. The van der Waals surface area contributed by atoms with E-state index in [9.17, 15) is 9.59 Å². The number of aliphatic imine (C=N–C) groups is 2. The van der Waals surface area contributed by atoms with Crippen molar-refractivity contribution in [3.63, 3.8) is 0 Å². The topological polar surface area (TPSA) is 218 Å². The number of hydrogen-bond acceptors (Lipinski definition) is 5. The predicted octanol–water partition coefficient (Wildman–Crippen LogP) is -2.04. The lowest BCUT2D eigenvalue weighted by atomic mass is 10.4. The van der Waals surface area contributed by atoms with Gasteiger partial charge in [-0.3, -0.25) is 9.69 Å². The molecule has 22 heavy (non-hydrogen) atoms. The molecule has 1 aromatic rings. The number of halogens is 1. The van der Waals surface area contributed by atoms with E-state index in [1.165, 1.54) is 7.05 Å². The van der Waals surface area contributed by atoms with Gasteiger partial charge in [-0.25, -0.2) is 14.8 Å². The lowest BCUT2D eigenvalue weighted by molar-refractivity contribution is 0.0998. The number of guanidine groups is 2. The second-order valence-electron chi connectivity index (χ2n) is 3.79. The van der Waals surface area contributed by atoms with Crippen molar-refractivity contribution in [2.75, 3.05) is 17.7 Å². The fourth-order valence-electron chi connectivity index (χ4n) is 1.24. The molecular weight excluding hydrogens is 316 g/mol. The van der Waals surface area contributed by atoms with Gasteiger partial charge < -0.3 is 28.7 Å². The highest BCUT2D eigenvalue weighted by molar-refractivity contribution is 6.32. The van der Waals surface area contributed by atoms with E-state index in [1.807, 2.05) is 0 Å². The van der Waals surface area contributed by atoms with Crippen LogP contribution in [0.4, 0.5) is 16.4 Å². The molecule has 0 fully saturated rings. The van der Waals surface area contributed by atoms with Gasteiger partial charge in [0.15, 0.2) is 34.4 Å². The molecule has 0 aliphatic rings. The van der Waals surface area contributed by atoms with Crippen molar-refractivity contribution in [1.82, 2.24) is 9.97 Å². The monoisotopic (exact) mass is 328 g/mol. The average molecular weight is 329 g/mol. The number of nitrogens with two attached hydrogens (primary N) is 5. The van der Waals surface area contributed by atoms with Crippen molar-refractivity contribution >= 4 is 47.1 Å². The van der Waals surface area contributed by atoms with E-state index in [1.54, 1.807) is 0 Å². The first kappa shape index (κ1) is 16.9. The van der Waals surface area contributed by atoms with Gasteiger partial charge in [0.2, 0.25) is 0 Å². The Morgan fingerprint density at radius 1 is 1.09 bits per heavy atom. The lowest BCUT2D eigenvalue weighted by Crippen LogP contribution is -2.31. The maximum atomic E-state index is 11.7. The highest BCUT2D eigenvalue weighted by Crippen LogP contribution is 2.24. The minimum absolute atomic E-state index is 0.157. The van der Waals surface area contributed by atoms with Crippen LogP contribution in [0.3, 0.4) is 0 Å². The number of carbonyl (C=O) groups is 2. The number of aromatic nitrogens is 2. The molecule has 10 N–H and O–H groups in total. The quantitative estimate of drug-likeness (QED) is 0.297. The molecule has 0 spiro atoms. The second kappa shape index (κ2) is 6.53. The van der Waals surface area contributed by atoms with Crippen LogP contribution in [-0.4, -0.2) is 40.9 Å². The van der Waals surface area contributed by atoms with Crippen molar-refractivity contribution in [2.45, 2.75) is 0 Å². The first-order valence-corrected chi connectivity index (χ1v) is 5.85. The summed E-state index contributed by atoms with van der Waals surface area (Å²) in [4.78, 5) is 38.3. The first-order valence-electron chi connectivity index (χ1n) is 5.47. The van der Waals surface area contributed by atoms with E-state index in [0.29, 0.717) is 0 Å². The Morgan fingerprint density at radius 2 is 1.64 bits per heavy atom. The number of hydrogen-bond donors (Lipinski definition) is 5. The molecule has 0 radical (unpaired) electrons. The number of rotatable bonds is 2. The standard InChI is InChI=1S/C9H13ClN10O2/c1-20(9(22)19-8(14)15)5-3(10)16-2(4(11)17-5)6(21)18-7(12)13/h1H3,(H2,11,17)(H4,12,13,18,21)(H4,14,15,19,22).